The summed E-state index contributed by atoms with van der Waals surface area (Å²) in [4.78, 5) is 23.6. The number of alkyl halides is 3. The first-order valence-electron chi connectivity index (χ1n) is 13.9. The summed E-state index contributed by atoms with van der Waals surface area (Å²) in [5.41, 5.74) is 5.65. The number of amides is 1. The molecule has 0 spiro atoms. The van der Waals surface area contributed by atoms with E-state index in [2.05, 4.69) is 45.3 Å². The Morgan fingerprint density at radius 1 is 1.07 bits per heavy atom. The van der Waals surface area contributed by atoms with Gasteiger partial charge >= 0.3 is 6.36 Å². The summed E-state index contributed by atoms with van der Waals surface area (Å²) < 4.78 is 42.7. The van der Waals surface area contributed by atoms with E-state index in [1.807, 2.05) is 31.2 Å². The summed E-state index contributed by atoms with van der Waals surface area (Å²) in [6.45, 7) is 5.23. The number of anilines is 1. The molecule has 1 aliphatic rings. The third-order valence-corrected chi connectivity index (χ3v) is 7.66. The topological polar surface area (TPSA) is 84.6 Å². The number of hydrogen-bond donors (Lipinski definition) is 1. The second kappa shape index (κ2) is 13.4. The molecule has 0 aliphatic carbocycles. The van der Waals surface area contributed by atoms with Crippen LogP contribution in [-0.2, 0) is 17.6 Å². The zero-order chi connectivity index (χ0) is 30.4. The fourth-order valence-corrected chi connectivity index (χ4v) is 5.57. The Labute approximate surface area is 252 Å². The number of hydrogen-bond acceptors (Lipinski definition) is 7. The van der Waals surface area contributed by atoms with Crippen LogP contribution in [0.3, 0.4) is 0 Å². The molecule has 43 heavy (non-hydrogen) atoms. The Bertz CT molecular complexity index is 1600. The molecule has 5 rings (SSSR count). The molecule has 0 radical (unpaired) electrons. The van der Waals surface area contributed by atoms with E-state index in [1.54, 1.807) is 4.90 Å². The van der Waals surface area contributed by atoms with Gasteiger partial charge in [0.1, 0.15) is 12.1 Å². The number of benzene rings is 3. The maximum Gasteiger partial charge on any atom is 0.573 e. The van der Waals surface area contributed by atoms with Gasteiger partial charge in [0.15, 0.2) is 11.0 Å². The molecule has 1 fully saturated rings. The number of ether oxygens (including phenoxy) is 1. The smallest absolute Gasteiger partial charge is 0.406 e. The molecule has 1 aromatic heterocycles. The van der Waals surface area contributed by atoms with Crippen LogP contribution in [0.5, 0.6) is 5.75 Å². The Kier molecular flexibility index (Phi) is 9.46. The molecule has 0 unspecified atom stereocenters. The van der Waals surface area contributed by atoms with Gasteiger partial charge in [-0.2, -0.15) is 0 Å². The second-order valence-corrected chi connectivity index (χ2v) is 10.9. The molecule has 2 heterocycles. The second-order valence-electron chi connectivity index (χ2n) is 10.0. The third-order valence-electron chi connectivity index (χ3n) is 6.69. The van der Waals surface area contributed by atoms with Gasteiger partial charge in [0.2, 0.25) is 5.91 Å². The molecule has 12 heteroatoms. The highest BCUT2D eigenvalue weighted by atomic mass is 32.2. The molecule has 1 N–H and O–H groups in total. The quantitative estimate of drug-likeness (QED) is 0.201. The lowest BCUT2D eigenvalue weighted by atomic mass is 10.0. The molecule has 1 amide bonds. The van der Waals surface area contributed by atoms with Crippen molar-refractivity contribution in [3.8, 4) is 22.8 Å². The van der Waals surface area contributed by atoms with Crippen LogP contribution in [0.2, 0.25) is 0 Å². The summed E-state index contributed by atoms with van der Waals surface area (Å²) in [6.07, 6.45) is -0.588. The van der Waals surface area contributed by atoms with E-state index in [4.69, 9.17) is 4.99 Å². The minimum atomic E-state index is -4.74. The molecular formula is C31H31F3N6O2S. The lowest BCUT2D eigenvalue weighted by Crippen LogP contribution is -2.31. The van der Waals surface area contributed by atoms with Gasteiger partial charge in [-0.05, 0) is 72.9 Å². The first-order chi connectivity index (χ1) is 20.7. The van der Waals surface area contributed by atoms with Crippen molar-refractivity contribution in [1.29, 1.82) is 0 Å². The van der Waals surface area contributed by atoms with E-state index in [9.17, 15) is 18.0 Å². The zero-order valence-corrected chi connectivity index (χ0v) is 24.6. The van der Waals surface area contributed by atoms with Gasteiger partial charge in [-0.3, -0.25) is 15.0 Å². The first-order valence-corrected chi connectivity index (χ1v) is 14.9. The number of halogens is 3. The third kappa shape index (κ3) is 7.82. The highest BCUT2D eigenvalue weighted by Crippen LogP contribution is 2.31. The number of carbonyl (C=O) groups excluding carboxylic acids is 1. The predicted molar refractivity (Wildman–Crippen MR) is 163 cm³/mol. The van der Waals surface area contributed by atoms with Gasteiger partial charge in [0.25, 0.3) is 0 Å². The van der Waals surface area contributed by atoms with Crippen LogP contribution in [-0.4, -0.2) is 51.2 Å². The normalized spacial score (nSPS) is 14.6. The number of carbonyl (C=O) groups is 1. The Morgan fingerprint density at radius 2 is 1.88 bits per heavy atom. The van der Waals surface area contributed by atoms with Crippen LogP contribution >= 0.6 is 11.8 Å². The van der Waals surface area contributed by atoms with Crippen LogP contribution < -0.4 is 15.0 Å². The molecule has 224 valence electrons. The predicted octanol–water partition coefficient (Wildman–Crippen LogP) is 6.32. The minimum Gasteiger partial charge on any atom is -0.406 e. The first kappa shape index (κ1) is 30.3. The van der Waals surface area contributed by atoms with Crippen molar-refractivity contribution in [3.05, 3.63) is 89.7 Å². The number of aliphatic imine (C=N–C) groups is 1. The maximum atomic E-state index is 12.8. The van der Waals surface area contributed by atoms with E-state index in [1.165, 1.54) is 47.0 Å². The van der Waals surface area contributed by atoms with Crippen LogP contribution in [0, 0.1) is 6.92 Å². The summed E-state index contributed by atoms with van der Waals surface area (Å²) in [6, 6.07) is 19.5. The SMILES string of the molecule is CCCc1ccc(C)cc1N1C(=O)CSC1=NCNCCc1cccc(-c2ncn(-c3ccc(OC(F)(F)F)cc3)n2)c1. The van der Waals surface area contributed by atoms with E-state index in [0.717, 1.165) is 47.2 Å². The Balaban J connectivity index is 1.17. The highest BCUT2D eigenvalue weighted by molar-refractivity contribution is 8.15. The molecule has 0 saturated carbocycles. The molecule has 8 nitrogen and oxygen atoms in total. The number of amidine groups is 1. The lowest BCUT2D eigenvalue weighted by molar-refractivity contribution is -0.274. The number of thioether (sulfide) groups is 1. The fraction of sp³-hybridized carbons (Fsp3) is 0.290. The Morgan fingerprint density at radius 3 is 2.65 bits per heavy atom. The van der Waals surface area contributed by atoms with Crippen LogP contribution in [0.4, 0.5) is 18.9 Å². The van der Waals surface area contributed by atoms with Crippen LogP contribution in [0.15, 0.2) is 78.0 Å². The van der Waals surface area contributed by atoms with Crippen molar-refractivity contribution in [2.45, 2.75) is 39.5 Å². The van der Waals surface area contributed by atoms with Gasteiger partial charge in [0.05, 0.1) is 23.8 Å². The number of aryl methyl sites for hydroxylation is 2. The van der Waals surface area contributed by atoms with Gasteiger partial charge < -0.3 is 4.74 Å². The van der Waals surface area contributed by atoms with E-state index in [-0.39, 0.29) is 11.7 Å². The molecule has 0 atom stereocenters. The van der Waals surface area contributed by atoms with E-state index < -0.39 is 6.36 Å². The van der Waals surface area contributed by atoms with Crippen LogP contribution in [0.1, 0.15) is 30.0 Å². The standard InChI is InChI=1S/C31H31F3N6O2S/c1-3-5-23-9-8-21(2)16-27(23)40-28(41)18-43-30(40)36-19-35-15-14-22-6-4-7-24(17-22)29-37-20-39(38-29)25-10-12-26(13-11-25)42-31(32,33)34/h4,6-13,16-17,20,35H,3,5,14-15,18-19H2,1-2H3. The van der Waals surface area contributed by atoms with E-state index in [0.29, 0.717) is 35.6 Å². The molecule has 1 aliphatic heterocycles. The molecule has 3 aromatic carbocycles. The zero-order valence-electron chi connectivity index (χ0n) is 23.8. The number of nitrogens with zero attached hydrogens (tertiary/aromatic N) is 5. The van der Waals surface area contributed by atoms with Crippen molar-refractivity contribution in [3.63, 3.8) is 0 Å². The molecule has 4 aromatic rings. The molecule has 1 saturated heterocycles. The summed E-state index contributed by atoms with van der Waals surface area (Å²) in [5.74, 6) is 0.627. The van der Waals surface area contributed by atoms with Crippen molar-refractivity contribution >= 4 is 28.5 Å². The summed E-state index contributed by atoms with van der Waals surface area (Å²) in [7, 11) is 0. The van der Waals surface area contributed by atoms with Crippen molar-refractivity contribution < 1.29 is 22.7 Å². The van der Waals surface area contributed by atoms with Gasteiger partial charge in [-0.25, -0.2) is 14.7 Å². The van der Waals surface area contributed by atoms with Gasteiger partial charge in [0, 0.05) is 12.1 Å². The van der Waals surface area contributed by atoms with Crippen molar-refractivity contribution in [1.82, 2.24) is 20.1 Å². The summed E-state index contributed by atoms with van der Waals surface area (Å²) >= 11 is 1.46. The fourth-order valence-electron chi connectivity index (χ4n) is 4.70. The highest BCUT2D eigenvalue weighted by Gasteiger charge is 2.32. The van der Waals surface area contributed by atoms with E-state index >= 15 is 0 Å². The van der Waals surface area contributed by atoms with Crippen LogP contribution in [0.25, 0.3) is 17.1 Å². The number of aromatic nitrogens is 3. The molecule has 0 bridgehead atoms. The lowest BCUT2D eigenvalue weighted by Gasteiger charge is -2.20. The molecular weight excluding hydrogens is 577 g/mol. The van der Waals surface area contributed by atoms with Gasteiger partial charge in [-0.1, -0.05) is 55.4 Å². The monoisotopic (exact) mass is 608 g/mol. The minimum absolute atomic E-state index is 0.0482. The average molecular weight is 609 g/mol. The number of rotatable bonds is 11. The van der Waals surface area contributed by atoms with Gasteiger partial charge in [-0.15, -0.1) is 18.3 Å². The largest absolute Gasteiger partial charge is 0.573 e. The average Bonchev–Trinajstić information content (AvgIpc) is 3.61. The van der Waals surface area contributed by atoms with Crippen molar-refractivity contribution in [2.24, 2.45) is 4.99 Å². The Hall–Kier alpha value is -4.16. The van der Waals surface area contributed by atoms with Crippen molar-refractivity contribution in [2.75, 3.05) is 23.9 Å². The maximum absolute atomic E-state index is 12.8. The summed E-state index contributed by atoms with van der Waals surface area (Å²) in [5, 5.41) is 8.55. The number of nitrogens with one attached hydrogen (secondary N) is 1.